The highest BCUT2D eigenvalue weighted by Crippen LogP contribution is 2.29. The Balaban J connectivity index is 2.23. The monoisotopic (exact) mass is 305 g/mol. The van der Waals surface area contributed by atoms with Crippen molar-refractivity contribution < 1.29 is 14.5 Å². The standard InChI is InChI=1S/C15H12ClNO4/c1-10(18)12-5-6-15(14(8-12)17(19)20)21-9-11-3-2-4-13(16)7-11/h2-8H,9H2,1H3. The van der Waals surface area contributed by atoms with E-state index in [-0.39, 0.29) is 29.4 Å². The molecule has 0 bridgehead atoms. The molecule has 0 amide bonds. The van der Waals surface area contributed by atoms with Gasteiger partial charge in [-0.3, -0.25) is 14.9 Å². The van der Waals surface area contributed by atoms with Crippen LogP contribution in [0.5, 0.6) is 5.75 Å². The Morgan fingerprint density at radius 1 is 1.29 bits per heavy atom. The number of carbonyl (C=O) groups excluding carboxylic acids is 1. The average molecular weight is 306 g/mol. The molecule has 0 spiro atoms. The molecule has 0 radical (unpaired) electrons. The lowest BCUT2D eigenvalue weighted by molar-refractivity contribution is -0.386. The molecule has 0 aliphatic rings. The van der Waals surface area contributed by atoms with Gasteiger partial charge in [0.05, 0.1) is 4.92 Å². The lowest BCUT2D eigenvalue weighted by atomic mass is 10.1. The zero-order valence-corrected chi connectivity index (χ0v) is 12.0. The van der Waals surface area contributed by atoms with Gasteiger partial charge in [-0.1, -0.05) is 23.7 Å². The fraction of sp³-hybridized carbons (Fsp3) is 0.133. The van der Waals surface area contributed by atoms with Gasteiger partial charge in [-0.05, 0) is 36.8 Å². The van der Waals surface area contributed by atoms with Crippen LogP contribution in [0.25, 0.3) is 0 Å². The largest absolute Gasteiger partial charge is 0.482 e. The van der Waals surface area contributed by atoms with Crippen LogP contribution in [0.2, 0.25) is 5.02 Å². The maximum atomic E-state index is 11.3. The van der Waals surface area contributed by atoms with Gasteiger partial charge in [-0.15, -0.1) is 0 Å². The van der Waals surface area contributed by atoms with Crippen LogP contribution >= 0.6 is 11.6 Å². The molecular weight excluding hydrogens is 294 g/mol. The molecule has 2 aromatic carbocycles. The van der Waals surface area contributed by atoms with Crippen LogP contribution in [0.1, 0.15) is 22.8 Å². The summed E-state index contributed by atoms with van der Waals surface area (Å²) in [6, 6.07) is 11.2. The minimum Gasteiger partial charge on any atom is -0.482 e. The summed E-state index contributed by atoms with van der Waals surface area (Å²) >= 11 is 5.86. The topological polar surface area (TPSA) is 69.4 Å². The molecule has 6 heteroatoms. The summed E-state index contributed by atoms with van der Waals surface area (Å²) in [6.45, 7) is 1.51. The minimum atomic E-state index is -0.570. The lowest BCUT2D eigenvalue weighted by Gasteiger charge is -2.08. The fourth-order valence-electron chi connectivity index (χ4n) is 1.79. The van der Waals surface area contributed by atoms with Crippen molar-refractivity contribution in [1.29, 1.82) is 0 Å². The molecule has 0 fully saturated rings. The van der Waals surface area contributed by atoms with E-state index in [0.29, 0.717) is 5.02 Å². The summed E-state index contributed by atoms with van der Waals surface area (Å²) in [5, 5.41) is 11.6. The van der Waals surface area contributed by atoms with E-state index in [9.17, 15) is 14.9 Å². The third kappa shape index (κ3) is 3.79. The molecule has 0 N–H and O–H groups in total. The molecule has 0 saturated heterocycles. The van der Waals surface area contributed by atoms with E-state index in [0.717, 1.165) is 5.56 Å². The van der Waals surface area contributed by atoms with Crippen molar-refractivity contribution in [3.8, 4) is 5.75 Å². The smallest absolute Gasteiger partial charge is 0.311 e. The van der Waals surface area contributed by atoms with Crippen LogP contribution in [0.3, 0.4) is 0 Å². The third-order valence-corrected chi connectivity index (χ3v) is 3.08. The molecule has 0 heterocycles. The first kappa shape index (κ1) is 15.0. The zero-order chi connectivity index (χ0) is 15.4. The summed E-state index contributed by atoms with van der Waals surface area (Å²) in [4.78, 5) is 21.8. The maximum absolute atomic E-state index is 11.3. The van der Waals surface area contributed by atoms with Gasteiger partial charge in [-0.2, -0.15) is 0 Å². The van der Waals surface area contributed by atoms with Crippen molar-refractivity contribution in [3.05, 3.63) is 68.7 Å². The third-order valence-electron chi connectivity index (χ3n) is 2.85. The number of carbonyl (C=O) groups is 1. The van der Waals surface area contributed by atoms with E-state index in [1.54, 1.807) is 18.2 Å². The van der Waals surface area contributed by atoms with Crippen LogP contribution < -0.4 is 4.74 Å². The first-order valence-corrected chi connectivity index (χ1v) is 6.52. The van der Waals surface area contributed by atoms with Crippen LogP contribution in [0.15, 0.2) is 42.5 Å². The van der Waals surface area contributed by atoms with Crippen molar-refractivity contribution in [2.75, 3.05) is 0 Å². The second-order valence-corrected chi connectivity index (χ2v) is 4.85. The molecule has 2 rings (SSSR count). The number of rotatable bonds is 5. The Morgan fingerprint density at radius 2 is 2.05 bits per heavy atom. The average Bonchev–Trinajstić information content (AvgIpc) is 2.44. The molecular formula is C15H12ClNO4. The molecule has 0 atom stereocenters. The van der Waals surface area contributed by atoms with Crippen LogP contribution in [0, 0.1) is 10.1 Å². The molecule has 0 saturated carbocycles. The molecule has 0 aromatic heterocycles. The number of ether oxygens (including phenoxy) is 1. The Bertz CT molecular complexity index is 700. The van der Waals surface area contributed by atoms with Crippen LogP contribution in [0.4, 0.5) is 5.69 Å². The summed E-state index contributed by atoms with van der Waals surface area (Å²) < 4.78 is 5.46. The Hall–Kier alpha value is -2.40. The van der Waals surface area contributed by atoms with Gasteiger partial charge in [0, 0.05) is 16.7 Å². The number of nitro groups is 1. The molecule has 108 valence electrons. The number of Topliss-reactive ketones (excluding diaryl/α,β-unsaturated/α-hetero) is 1. The van der Waals surface area contributed by atoms with E-state index in [2.05, 4.69) is 0 Å². The van der Waals surface area contributed by atoms with Crippen LogP contribution in [-0.2, 0) is 6.61 Å². The van der Waals surface area contributed by atoms with Gasteiger partial charge in [0.2, 0.25) is 0 Å². The van der Waals surface area contributed by atoms with Crippen molar-refractivity contribution in [1.82, 2.24) is 0 Å². The summed E-state index contributed by atoms with van der Waals surface area (Å²) in [6.07, 6.45) is 0. The molecule has 0 aliphatic heterocycles. The van der Waals surface area contributed by atoms with Gasteiger partial charge in [0.15, 0.2) is 11.5 Å². The molecule has 2 aromatic rings. The van der Waals surface area contributed by atoms with Gasteiger partial charge >= 0.3 is 5.69 Å². The van der Waals surface area contributed by atoms with E-state index in [1.807, 2.05) is 6.07 Å². The number of benzene rings is 2. The number of hydrogen-bond acceptors (Lipinski definition) is 4. The molecule has 5 nitrogen and oxygen atoms in total. The van der Waals surface area contributed by atoms with Crippen molar-refractivity contribution in [3.63, 3.8) is 0 Å². The Labute approximate surface area is 126 Å². The van der Waals surface area contributed by atoms with E-state index < -0.39 is 4.92 Å². The summed E-state index contributed by atoms with van der Waals surface area (Å²) in [5.41, 5.74) is 0.842. The highest BCUT2D eigenvalue weighted by Gasteiger charge is 2.17. The van der Waals surface area contributed by atoms with Gasteiger partial charge in [0.25, 0.3) is 0 Å². The first-order chi connectivity index (χ1) is 9.97. The number of hydrogen-bond donors (Lipinski definition) is 0. The maximum Gasteiger partial charge on any atom is 0.311 e. The van der Waals surface area contributed by atoms with Crippen molar-refractivity contribution >= 4 is 23.1 Å². The van der Waals surface area contributed by atoms with Crippen LogP contribution in [-0.4, -0.2) is 10.7 Å². The second kappa shape index (κ2) is 6.37. The number of nitrogens with zero attached hydrogens (tertiary/aromatic N) is 1. The number of halogens is 1. The second-order valence-electron chi connectivity index (χ2n) is 4.41. The quantitative estimate of drug-likeness (QED) is 0.475. The highest BCUT2D eigenvalue weighted by atomic mass is 35.5. The predicted molar refractivity (Wildman–Crippen MR) is 78.9 cm³/mol. The van der Waals surface area contributed by atoms with Gasteiger partial charge in [-0.25, -0.2) is 0 Å². The van der Waals surface area contributed by atoms with Gasteiger partial charge in [0.1, 0.15) is 6.61 Å². The number of nitro benzene ring substituents is 1. The van der Waals surface area contributed by atoms with Crippen molar-refractivity contribution in [2.24, 2.45) is 0 Å². The van der Waals surface area contributed by atoms with Crippen molar-refractivity contribution in [2.45, 2.75) is 13.5 Å². The summed E-state index contributed by atoms with van der Waals surface area (Å²) in [7, 11) is 0. The predicted octanol–water partition coefficient (Wildman–Crippen LogP) is 4.03. The SMILES string of the molecule is CC(=O)c1ccc(OCc2cccc(Cl)c2)c([N+](=O)[O-])c1. The normalized spacial score (nSPS) is 10.2. The lowest BCUT2D eigenvalue weighted by Crippen LogP contribution is -2.01. The van der Waals surface area contributed by atoms with E-state index >= 15 is 0 Å². The Kier molecular flexibility index (Phi) is 4.55. The highest BCUT2D eigenvalue weighted by molar-refractivity contribution is 6.30. The zero-order valence-electron chi connectivity index (χ0n) is 11.2. The molecule has 0 aliphatic carbocycles. The molecule has 0 unspecified atom stereocenters. The number of ketones is 1. The Morgan fingerprint density at radius 3 is 2.67 bits per heavy atom. The fourth-order valence-corrected chi connectivity index (χ4v) is 2.00. The first-order valence-electron chi connectivity index (χ1n) is 6.14. The van der Waals surface area contributed by atoms with Gasteiger partial charge < -0.3 is 4.74 Å². The van der Waals surface area contributed by atoms with E-state index in [4.69, 9.17) is 16.3 Å². The van der Waals surface area contributed by atoms with E-state index in [1.165, 1.54) is 25.1 Å². The summed E-state index contributed by atoms with van der Waals surface area (Å²) in [5.74, 6) is -0.121. The minimum absolute atomic E-state index is 0.116. The molecule has 21 heavy (non-hydrogen) atoms.